The molecule has 0 atom stereocenters. The summed E-state index contributed by atoms with van der Waals surface area (Å²) in [5, 5.41) is 4.54. The molecule has 54 heavy (non-hydrogen) atoms. The number of nitrogens with zero attached hydrogens (tertiary/aromatic N) is 5. The monoisotopic (exact) mass is 697 g/mol. The van der Waals surface area contributed by atoms with Crippen molar-refractivity contribution in [1.29, 1.82) is 0 Å². The van der Waals surface area contributed by atoms with Crippen LogP contribution >= 0.6 is 0 Å². The third kappa shape index (κ3) is 5.42. The molecule has 10 rings (SSSR count). The molecule has 4 heterocycles. The van der Waals surface area contributed by atoms with Crippen molar-refractivity contribution in [2.24, 2.45) is 0 Å². The van der Waals surface area contributed by atoms with Crippen molar-refractivity contribution in [2.75, 3.05) is 0 Å². The minimum Gasteiger partial charge on any atom is -0.456 e. The molecule has 6 nitrogen and oxygen atoms in total. The van der Waals surface area contributed by atoms with Crippen molar-refractivity contribution in [3.63, 3.8) is 0 Å². The van der Waals surface area contributed by atoms with E-state index in [1.54, 1.807) is 0 Å². The fourth-order valence-corrected chi connectivity index (χ4v) is 7.43. The van der Waals surface area contributed by atoms with Gasteiger partial charge in [0.25, 0.3) is 0 Å². The Bertz CT molecular complexity index is 3020. The summed E-state index contributed by atoms with van der Waals surface area (Å²) in [7, 11) is 0. The number of hydrogen-bond acceptors (Lipinski definition) is 5. The Hall–Kier alpha value is -6.92. The van der Waals surface area contributed by atoms with Crippen molar-refractivity contribution in [3.8, 4) is 51.2 Å². The van der Waals surface area contributed by atoms with Gasteiger partial charge in [-0.15, -0.1) is 0 Å². The summed E-state index contributed by atoms with van der Waals surface area (Å²) in [6.07, 6.45) is 0. The van der Waals surface area contributed by atoms with Crippen LogP contribution in [0.25, 0.3) is 95.0 Å². The topological polar surface area (TPSA) is 69.6 Å². The lowest BCUT2D eigenvalue weighted by Gasteiger charge is -2.19. The van der Waals surface area contributed by atoms with Gasteiger partial charge in [0.05, 0.1) is 11.0 Å². The zero-order valence-corrected chi connectivity index (χ0v) is 30.2. The van der Waals surface area contributed by atoms with Crippen LogP contribution in [-0.4, -0.2) is 24.5 Å². The van der Waals surface area contributed by atoms with Gasteiger partial charge in [-0.2, -0.15) is 0 Å². The van der Waals surface area contributed by atoms with Gasteiger partial charge in [-0.25, -0.2) is 19.9 Å². The van der Waals surface area contributed by atoms with Gasteiger partial charge in [-0.1, -0.05) is 136 Å². The second-order valence-electron chi connectivity index (χ2n) is 14.8. The first kappa shape index (κ1) is 31.8. The van der Waals surface area contributed by atoms with Crippen LogP contribution in [0.1, 0.15) is 26.3 Å². The predicted octanol–water partition coefficient (Wildman–Crippen LogP) is 12.2. The third-order valence-corrected chi connectivity index (χ3v) is 10.3. The molecule has 0 aliphatic carbocycles. The second kappa shape index (κ2) is 12.3. The number of furan rings is 1. The summed E-state index contributed by atoms with van der Waals surface area (Å²) in [4.78, 5) is 20.3. The Morgan fingerprint density at radius 1 is 0.426 bits per heavy atom. The predicted molar refractivity (Wildman–Crippen MR) is 220 cm³/mol. The second-order valence-corrected chi connectivity index (χ2v) is 14.8. The highest BCUT2D eigenvalue weighted by molar-refractivity contribution is 6.11. The highest BCUT2D eigenvalue weighted by Gasteiger charge is 2.19. The number of fused-ring (bicyclic) bond motifs is 6. The molecule has 0 spiro atoms. The van der Waals surface area contributed by atoms with Crippen molar-refractivity contribution < 1.29 is 4.42 Å². The number of hydrogen-bond donors (Lipinski definition) is 0. The van der Waals surface area contributed by atoms with Crippen LogP contribution in [0.4, 0.5) is 0 Å². The first-order valence-corrected chi connectivity index (χ1v) is 18.2. The lowest BCUT2D eigenvalue weighted by atomic mass is 9.87. The molecule has 4 aromatic heterocycles. The van der Waals surface area contributed by atoms with E-state index in [4.69, 9.17) is 24.4 Å². The van der Waals surface area contributed by atoms with Gasteiger partial charge in [0, 0.05) is 32.7 Å². The zero-order valence-electron chi connectivity index (χ0n) is 30.2. The van der Waals surface area contributed by atoms with Crippen LogP contribution < -0.4 is 0 Å². The van der Waals surface area contributed by atoms with Gasteiger partial charge < -0.3 is 4.42 Å². The van der Waals surface area contributed by atoms with E-state index >= 15 is 0 Å². The van der Waals surface area contributed by atoms with E-state index in [1.165, 1.54) is 5.56 Å². The number of rotatable bonds is 5. The van der Waals surface area contributed by atoms with E-state index in [0.717, 1.165) is 71.8 Å². The molecule has 0 saturated heterocycles. The molecule has 0 N–H and O–H groups in total. The van der Waals surface area contributed by atoms with E-state index in [1.807, 2.05) is 54.6 Å². The molecule has 0 radical (unpaired) electrons. The summed E-state index contributed by atoms with van der Waals surface area (Å²) < 4.78 is 8.38. The van der Waals surface area contributed by atoms with Gasteiger partial charge in [0.1, 0.15) is 22.7 Å². The highest BCUT2D eigenvalue weighted by Crippen LogP contribution is 2.37. The largest absolute Gasteiger partial charge is 0.456 e. The Labute approximate surface area is 312 Å². The first-order chi connectivity index (χ1) is 26.4. The molecule has 0 bridgehead atoms. The molecule has 6 aromatic carbocycles. The zero-order chi connectivity index (χ0) is 36.4. The summed E-state index contributed by atoms with van der Waals surface area (Å²) in [5.41, 5.74) is 9.96. The summed E-state index contributed by atoms with van der Waals surface area (Å²) in [6.45, 7) is 6.65. The van der Waals surface area contributed by atoms with E-state index in [2.05, 4.69) is 128 Å². The number of pyridine rings is 1. The standard InChI is InChI=1S/C48H35N5O/c1-48(2,3)34-24-20-31(21-25-34)46-50-45(30-12-5-4-6-13-30)51-47(52-46)39-16-11-19-44(49-39)53-40-17-9-7-14-35(40)36-26-22-33(29-41(36)53)32-23-27-43-38(28-32)37-15-8-10-18-42(37)54-43/h4-29H,1-3H3. The smallest absolute Gasteiger partial charge is 0.182 e. The molecule has 0 fully saturated rings. The Morgan fingerprint density at radius 3 is 1.83 bits per heavy atom. The molecule has 10 aromatic rings. The van der Waals surface area contributed by atoms with Crippen LogP contribution in [-0.2, 0) is 5.41 Å². The lowest BCUT2D eigenvalue weighted by Crippen LogP contribution is -2.10. The fraction of sp³-hybridized carbons (Fsp3) is 0.0833. The number of benzene rings is 6. The molecule has 0 saturated carbocycles. The molecular formula is C48H35N5O. The van der Waals surface area contributed by atoms with E-state index in [0.29, 0.717) is 23.2 Å². The molecule has 6 heteroatoms. The van der Waals surface area contributed by atoms with E-state index in [-0.39, 0.29) is 5.41 Å². The van der Waals surface area contributed by atoms with Crippen molar-refractivity contribution in [1.82, 2.24) is 24.5 Å². The van der Waals surface area contributed by atoms with Crippen LogP contribution in [0.2, 0.25) is 0 Å². The van der Waals surface area contributed by atoms with Gasteiger partial charge in [0.15, 0.2) is 17.5 Å². The maximum absolute atomic E-state index is 6.13. The van der Waals surface area contributed by atoms with Crippen LogP contribution in [0.3, 0.4) is 0 Å². The SMILES string of the molecule is CC(C)(C)c1ccc(-c2nc(-c3ccccc3)nc(-c3cccc(-n4c5ccccc5c5ccc(-c6ccc7oc8ccccc8c7c6)cc54)n3)n2)cc1. The molecule has 258 valence electrons. The highest BCUT2D eigenvalue weighted by atomic mass is 16.3. The van der Waals surface area contributed by atoms with Crippen LogP contribution in [0, 0.1) is 0 Å². The van der Waals surface area contributed by atoms with Crippen molar-refractivity contribution >= 4 is 43.7 Å². The van der Waals surface area contributed by atoms with Crippen molar-refractivity contribution in [2.45, 2.75) is 26.2 Å². The Balaban J connectivity index is 1.13. The molecular weight excluding hydrogens is 663 g/mol. The van der Waals surface area contributed by atoms with Gasteiger partial charge >= 0.3 is 0 Å². The fourth-order valence-electron chi connectivity index (χ4n) is 7.43. The molecule has 0 unspecified atom stereocenters. The van der Waals surface area contributed by atoms with Crippen LogP contribution in [0.5, 0.6) is 0 Å². The molecule has 0 amide bonds. The third-order valence-electron chi connectivity index (χ3n) is 10.3. The quantitative estimate of drug-likeness (QED) is 0.179. The van der Waals surface area contributed by atoms with E-state index < -0.39 is 0 Å². The minimum atomic E-state index is 0.0399. The number of para-hydroxylation sites is 2. The maximum atomic E-state index is 6.13. The minimum absolute atomic E-state index is 0.0399. The normalized spacial score (nSPS) is 12.0. The van der Waals surface area contributed by atoms with Crippen LogP contribution in [0.15, 0.2) is 162 Å². The summed E-state index contributed by atoms with van der Waals surface area (Å²) in [6, 6.07) is 54.5. The van der Waals surface area contributed by atoms with Gasteiger partial charge in [-0.3, -0.25) is 4.57 Å². The summed E-state index contributed by atoms with van der Waals surface area (Å²) in [5.74, 6) is 2.51. The first-order valence-electron chi connectivity index (χ1n) is 18.2. The molecule has 0 aliphatic heterocycles. The summed E-state index contributed by atoms with van der Waals surface area (Å²) >= 11 is 0. The van der Waals surface area contributed by atoms with Crippen molar-refractivity contribution in [3.05, 3.63) is 163 Å². The van der Waals surface area contributed by atoms with E-state index in [9.17, 15) is 0 Å². The number of aromatic nitrogens is 5. The Kier molecular flexibility index (Phi) is 7.27. The molecule has 0 aliphatic rings. The lowest BCUT2D eigenvalue weighted by molar-refractivity contribution is 0.590. The van der Waals surface area contributed by atoms with Gasteiger partial charge in [0.2, 0.25) is 0 Å². The Morgan fingerprint density at radius 2 is 1.04 bits per heavy atom. The average molecular weight is 698 g/mol. The maximum Gasteiger partial charge on any atom is 0.182 e. The average Bonchev–Trinajstić information content (AvgIpc) is 3.76. The van der Waals surface area contributed by atoms with Gasteiger partial charge in [-0.05, 0) is 64.6 Å².